The van der Waals surface area contributed by atoms with Crippen LogP contribution in [0.2, 0.25) is 0 Å². The molecule has 3 aromatic carbocycles. The van der Waals surface area contributed by atoms with Crippen LogP contribution in [0, 0.1) is 0 Å². The lowest BCUT2D eigenvalue weighted by atomic mass is 10.1. The van der Waals surface area contributed by atoms with E-state index in [2.05, 4.69) is 10.3 Å². The number of thiazole rings is 1. The summed E-state index contributed by atoms with van der Waals surface area (Å²) >= 11 is 1.57. The van der Waals surface area contributed by atoms with Gasteiger partial charge in [0.25, 0.3) is 0 Å². The summed E-state index contributed by atoms with van der Waals surface area (Å²) in [5, 5.41) is 3.79. The first-order valence-corrected chi connectivity index (χ1v) is 13.0. The number of nitrogens with one attached hydrogen (secondary N) is 1. The molecule has 1 aromatic heterocycles. The Hall–Kier alpha value is -3.27. The Morgan fingerprint density at radius 1 is 1.03 bits per heavy atom. The monoisotopic (exact) mass is 495 g/mol. The molecule has 0 aliphatic rings. The number of aromatic nitrogens is 1. The number of amides is 1. The number of nitrogens with zero attached hydrogens (tertiary/aromatic N) is 2. The number of carbonyl (C=O) groups is 1. The summed E-state index contributed by atoms with van der Waals surface area (Å²) in [6.07, 6.45) is 0.581. The fourth-order valence-corrected chi connectivity index (χ4v) is 5.70. The number of methoxy groups -OCH3 is 1. The number of rotatable bonds is 9. The molecule has 0 aliphatic heterocycles. The molecule has 0 atom stereocenters. The molecule has 0 saturated heterocycles. The molecule has 1 N–H and O–H groups in total. The van der Waals surface area contributed by atoms with Crippen molar-refractivity contribution in [3.8, 4) is 16.3 Å². The lowest BCUT2D eigenvalue weighted by molar-refractivity contribution is -0.116. The second-order valence-electron chi connectivity index (χ2n) is 7.69. The molecule has 4 rings (SSSR count). The van der Waals surface area contributed by atoms with Gasteiger partial charge in [0.05, 0.1) is 27.9 Å². The molecule has 1 heterocycles. The van der Waals surface area contributed by atoms with Crippen molar-refractivity contribution >= 4 is 43.2 Å². The highest BCUT2D eigenvalue weighted by molar-refractivity contribution is 7.89. The fraction of sp³-hybridized carbons (Fsp3) is 0.200. The SMILES string of the molecule is COc1ccc(S(=O)(=O)N(C)CCCC(=O)Nc2ccccc2-c2nc3ccccc3s2)cc1. The van der Waals surface area contributed by atoms with Crippen molar-refractivity contribution in [2.75, 3.05) is 26.0 Å². The van der Waals surface area contributed by atoms with E-state index in [0.29, 0.717) is 17.9 Å². The van der Waals surface area contributed by atoms with Gasteiger partial charge in [-0.15, -0.1) is 11.3 Å². The van der Waals surface area contributed by atoms with Crippen molar-refractivity contribution in [1.82, 2.24) is 9.29 Å². The average molecular weight is 496 g/mol. The van der Waals surface area contributed by atoms with Gasteiger partial charge in [-0.05, 0) is 55.0 Å². The predicted octanol–water partition coefficient (Wildman–Crippen LogP) is 5.01. The Balaban J connectivity index is 1.37. The molecule has 176 valence electrons. The normalized spacial score (nSPS) is 11.6. The third-order valence-electron chi connectivity index (χ3n) is 5.37. The van der Waals surface area contributed by atoms with Gasteiger partial charge in [0, 0.05) is 25.6 Å². The number of hydrogen-bond acceptors (Lipinski definition) is 6. The lowest BCUT2D eigenvalue weighted by Gasteiger charge is -2.17. The van der Waals surface area contributed by atoms with E-state index < -0.39 is 10.0 Å². The minimum absolute atomic E-state index is 0.177. The summed E-state index contributed by atoms with van der Waals surface area (Å²) in [7, 11) is -0.598. The van der Waals surface area contributed by atoms with E-state index >= 15 is 0 Å². The third kappa shape index (κ3) is 5.27. The molecular weight excluding hydrogens is 470 g/mol. The largest absolute Gasteiger partial charge is 0.497 e. The number of benzene rings is 3. The van der Waals surface area contributed by atoms with Gasteiger partial charge in [-0.3, -0.25) is 4.79 Å². The van der Waals surface area contributed by atoms with Gasteiger partial charge in [0.2, 0.25) is 15.9 Å². The average Bonchev–Trinajstić information content (AvgIpc) is 3.28. The van der Waals surface area contributed by atoms with Gasteiger partial charge in [-0.2, -0.15) is 0 Å². The maximum absolute atomic E-state index is 12.8. The van der Waals surface area contributed by atoms with Crippen molar-refractivity contribution in [3.05, 3.63) is 72.8 Å². The molecule has 0 aliphatic carbocycles. The second-order valence-corrected chi connectivity index (χ2v) is 10.8. The first-order chi connectivity index (χ1) is 16.4. The van der Waals surface area contributed by atoms with E-state index in [1.165, 1.54) is 30.6 Å². The zero-order chi connectivity index (χ0) is 24.1. The molecule has 0 saturated carbocycles. The molecule has 0 unspecified atom stereocenters. The van der Waals surface area contributed by atoms with E-state index in [-0.39, 0.29) is 23.8 Å². The van der Waals surface area contributed by atoms with Crippen LogP contribution in [-0.4, -0.2) is 44.3 Å². The Bertz CT molecular complexity index is 1370. The fourth-order valence-electron chi connectivity index (χ4n) is 3.49. The molecule has 0 radical (unpaired) electrons. The Morgan fingerprint density at radius 3 is 2.47 bits per heavy atom. The summed E-state index contributed by atoms with van der Waals surface area (Å²) in [5.41, 5.74) is 2.46. The van der Waals surface area contributed by atoms with Crippen molar-refractivity contribution in [3.63, 3.8) is 0 Å². The molecule has 34 heavy (non-hydrogen) atoms. The van der Waals surface area contributed by atoms with Crippen LogP contribution in [0.5, 0.6) is 5.75 Å². The molecule has 0 fully saturated rings. The zero-order valence-electron chi connectivity index (χ0n) is 18.9. The second kappa shape index (κ2) is 10.3. The number of carbonyl (C=O) groups excluding carboxylic acids is 1. The molecule has 4 aromatic rings. The number of ether oxygens (including phenoxy) is 1. The first-order valence-electron chi connectivity index (χ1n) is 10.7. The van der Waals surface area contributed by atoms with Gasteiger partial charge >= 0.3 is 0 Å². The van der Waals surface area contributed by atoms with Crippen LogP contribution in [0.3, 0.4) is 0 Å². The van der Waals surface area contributed by atoms with Crippen LogP contribution < -0.4 is 10.1 Å². The molecule has 1 amide bonds. The predicted molar refractivity (Wildman–Crippen MR) is 136 cm³/mol. The summed E-state index contributed by atoms with van der Waals surface area (Å²) < 4.78 is 32.9. The van der Waals surface area contributed by atoms with E-state index in [0.717, 1.165) is 20.8 Å². The number of anilines is 1. The number of fused-ring (bicyclic) bond motifs is 1. The van der Waals surface area contributed by atoms with Gasteiger partial charge in [-0.1, -0.05) is 24.3 Å². The molecular formula is C25H25N3O4S2. The standard InChI is InChI=1S/C25H25N3O4S2/c1-28(34(30,31)19-15-13-18(32-2)14-16-19)17-7-12-24(29)26-21-9-4-3-8-20(21)25-27-22-10-5-6-11-23(22)33-25/h3-6,8-11,13-16H,7,12,17H2,1-2H3,(H,26,29). The lowest BCUT2D eigenvalue weighted by Crippen LogP contribution is -2.28. The van der Waals surface area contributed by atoms with E-state index in [1.807, 2.05) is 48.5 Å². The van der Waals surface area contributed by atoms with E-state index in [9.17, 15) is 13.2 Å². The van der Waals surface area contributed by atoms with Gasteiger partial charge in [0.15, 0.2) is 0 Å². The van der Waals surface area contributed by atoms with Crippen LogP contribution in [0.15, 0.2) is 77.7 Å². The highest BCUT2D eigenvalue weighted by atomic mass is 32.2. The Labute approximate surface area is 203 Å². The number of hydrogen-bond donors (Lipinski definition) is 1. The van der Waals surface area contributed by atoms with Crippen molar-refractivity contribution in [2.45, 2.75) is 17.7 Å². The third-order valence-corrected chi connectivity index (χ3v) is 8.31. The first kappa shape index (κ1) is 23.9. The van der Waals surface area contributed by atoms with Crippen molar-refractivity contribution in [2.24, 2.45) is 0 Å². The van der Waals surface area contributed by atoms with Gasteiger partial charge in [0.1, 0.15) is 10.8 Å². The minimum atomic E-state index is -3.64. The van der Waals surface area contributed by atoms with Crippen LogP contribution >= 0.6 is 11.3 Å². The number of sulfonamides is 1. The zero-order valence-corrected chi connectivity index (χ0v) is 20.5. The number of para-hydroxylation sites is 2. The maximum Gasteiger partial charge on any atom is 0.242 e. The van der Waals surface area contributed by atoms with Crippen molar-refractivity contribution in [1.29, 1.82) is 0 Å². The van der Waals surface area contributed by atoms with Crippen LogP contribution in [-0.2, 0) is 14.8 Å². The molecule has 0 spiro atoms. The Kier molecular flexibility index (Phi) is 7.26. The summed E-state index contributed by atoms with van der Waals surface area (Å²) in [6.45, 7) is 0.224. The van der Waals surface area contributed by atoms with E-state index in [1.54, 1.807) is 23.5 Å². The highest BCUT2D eigenvalue weighted by Crippen LogP contribution is 2.34. The highest BCUT2D eigenvalue weighted by Gasteiger charge is 2.21. The summed E-state index contributed by atoms with van der Waals surface area (Å²) in [5.74, 6) is 0.410. The summed E-state index contributed by atoms with van der Waals surface area (Å²) in [4.78, 5) is 17.5. The molecule has 0 bridgehead atoms. The van der Waals surface area contributed by atoms with Gasteiger partial charge < -0.3 is 10.1 Å². The Morgan fingerprint density at radius 2 is 1.74 bits per heavy atom. The smallest absolute Gasteiger partial charge is 0.242 e. The minimum Gasteiger partial charge on any atom is -0.497 e. The topological polar surface area (TPSA) is 88.6 Å². The van der Waals surface area contributed by atoms with Crippen molar-refractivity contribution < 1.29 is 17.9 Å². The van der Waals surface area contributed by atoms with Gasteiger partial charge in [-0.25, -0.2) is 17.7 Å². The van der Waals surface area contributed by atoms with E-state index in [4.69, 9.17) is 4.74 Å². The van der Waals surface area contributed by atoms with Crippen LogP contribution in [0.25, 0.3) is 20.8 Å². The molecule has 7 nitrogen and oxygen atoms in total. The quantitative estimate of drug-likeness (QED) is 0.353. The van der Waals surface area contributed by atoms with Crippen LogP contribution in [0.1, 0.15) is 12.8 Å². The van der Waals surface area contributed by atoms with Crippen LogP contribution in [0.4, 0.5) is 5.69 Å². The maximum atomic E-state index is 12.8. The molecule has 9 heteroatoms. The summed E-state index contributed by atoms with van der Waals surface area (Å²) in [6, 6.07) is 21.7.